The number of carbonyl (C=O) groups is 1. The Balaban J connectivity index is 0.00000180. The van der Waals surface area contributed by atoms with Gasteiger partial charge in [-0.2, -0.15) is 0 Å². The Bertz CT molecular complexity index is 545. The maximum absolute atomic E-state index is 11.9. The molecule has 3 N–H and O–H groups in total. The van der Waals surface area contributed by atoms with E-state index in [2.05, 4.69) is 15.3 Å². The number of aryl methyl sites for hydroxylation is 1. The molecule has 2 aromatic heterocycles. The first-order chi connectivity index (χ1) is 8.69. The lowest BCUT2D eigenvalue weighted by atomic mass is 10.3. The van der Waals surface area contributed by atoms with Crippen LogP contribution < -0.4 is 11.1 Å². The van der Waals surface area contributed by atoms with Crippen LogP contribution in [0.25, 0.3) is 0 Å². The zero-order chi connectivity index (χ0) is 13.0. The number of nitrogens with one attached hydrogen (secondary N) is 1. The van der Waals surface area contributed by atoms with Crippen molar-refractivity contribution < 1.29 is 4.79 Å². The number of nitrogens with zero attached hydrogens (tertiary/aromatic N) is 2. The largest absolute Gasteiger partial charge is 0.330 e. The van der Waals surface area contributed by atoms with Gasteiger partial charge in [0.2, 0.25) is 0 Å². The quantitative estimate of drug-likeness (QED) is 0.899. The minimum absolute atomic E-state index is 0. The van der Waals surface area contributed by atoms with Crippen molar-refractivity contribution in [3.05, 3.63) is 40.0 Å². The van der Waals surface area contributed by atoms with Crippen LogP contribution in [0.3, 0.4) is 0 Å². The van der Waals surface area contributed by atoms with Gasteiger partial charge in [-0.1, -0.05) is 6.07 Å². The Kier molecular flexibility index (Phi) is 8.33. The highest BCUT2D eigenvalue weighted by atomic mass is 35.5. The third kappa shape index (κ3) is 5.05. The highest BCUT2D eigenvalue weighted by molar-refractivity contribution is 7.09. The molecule has 2 aromatic rings. The smallest absolute Gasteiger partial charge is 0.276 e. The second-order valence-corrected chi connectivity index (χ2v) is 4.78. The first-order valence-corrected chi connectivity index (χ1v) is 6.45. The van der Waals surface area contributed by atoms with Gasteiger partial charge in [-0.25, -0.2) is 9.97 Å². The highest BCUT2D eigenvalue weighted by Crippen LogP contribution is 2.12. The number of thiazole rings is 1. The van der Waals surface area contributed by atoms with Crippen LogP contribution in [0.5, 0.6) is 0 Å². The zero-order valence-corrected chi connectivity index (χ0v) is 13.3. The van der Waals surface area contributed by atoms with Crippen molar-refractivity contribution in [2.75, 3.05) is 11.9 Å². The van der Waals surface area contributed by atoms with Crippen LogP contribution in [0.15, 0.2) is 23.7 Å². The second-order valence-electron chi connectivity index (χ2n) is 3.84. The summed E-state index contributed by atoms with van der Waals surface area (Å²) >= 11 is 1.44. The van der Waals surface area contributed by atoms with Crippen molar-refractivity contribution in [3.63, 3.8) is 0 Å². The summed E-state index contributed by atoms with van der Waals surface area (Å²) in [6, 6.07) is 3.66. The number of amides is 1. The SMILES string of the molecule is Cc1ccc(NC(=O)c2csc(CCN)n2)nc1.Cl.Cl. The lowest BCUT2D eigenvalue weighted by molar-refractivity contribution is 0.102. The summed E-state index contributed by atoms with van der Waals surface area (Å²) in [7, 11) is 0. The van der Waals surface area contributed by atoms with E-state index in [0.717, 1.165) is 10.6 Å². The summed E-state index contributed by atoms with van der Waals surface area (Å²) in [6.07, 6.45) is 2.40. The summed E-state index contributed by atoms with van der Waals surface area (Å²) in [5.41, 5.74) is 6.90. The summed E-state index contributed by atoms with van der Waals surface area (Å²) < 4.78 is 0. The third-order valence-corrected chi connectivity index (χ3v) is 3.20. The van der Waals surface area contributed by atoms with Crippen molar-refractivity contribution in [1.82, 2.24) is 9.97 Å². The Hall–Kier alpha value is -1.21. The molecule has 0 spiro atoms. The molecule has 0 aliphatic rings. The Labute approximate surface area is 133 Å². The van der Waals surface area contributed by atoms with Crippen LogP contribution in [0.1, 0.15) is 21.1 Å². The topological polar surface area (TPSA) is 80.9 Å². The minimum atomic E-state index is -0.245. The van der Waals surface area contributed by atoms with Gasteiger partial charge in [-0.3, -0.25) is 4.79 Å². The van der Waals surface area contributed by atoms with Gasteiger partial charge in [-0.05, 0) is 25.1 Å². The van der Waals surface area contributed by atoms with Crippen molar-refractivity contribution in [2.45, 2.75) is 13.3 Å². The normalized spacial score (nSPS) is 9.30. The van der Waals surface area contributed by atoms with E-state index >= 15 is 0 Å². The molecule has 0 fully saturated rings. The van der Waals surface area contributed by atoms with Crippen molar-refractivity contribution in [2.24, 2.45) is 5.73 Å². The summed E-state index contributed by atoms with van der Waals surface area (Å²) in [4.78, 5) is 20.2. The van der Waals surface area contributed by atoms with Gasteiger partial charge < -0.3 is 11.1 Å². The fourth-order valence-electron chi connectivity index (χ4n) is 1.38. The van der Waals surface area contributed by atoms with E-state index in [1.165, 1.54) is 11.3 Å². The van der Waals surface area contributed by atoms with Gasteiger partial charge in [0, 0.05) is 18.0 Å². The standard InChI is InChI=1S/C12H14N4OS.2ClH/c1-8-2-3-10(14-6-8)16-12(17)9-7-18-11(15-9)4-5-13;;/h2-3,6-7H,4-5,13H2,1H3,(H,14,16,17);2*1H. The number of carbonyl (C=O) groups excluding carboxylic acids is 1. The zero-order valence-electron chi connectivity index (χ0n) is 10.8. The molecule has 5 nitrogen and oxygen atoms in total. The van der Waals surface area contributed by atoms with Gasteiger partial charge in [0.1, 0.15) is 11.5 Å². The first kappa shape index (κ1) is 18.8. The molecule has 0 aromatic carbocycles. The lowest BCUT2D eigenvalue weighted by Gasteiger charge is -2.01. The van der Waals surface area contributed by atoms with E-state index in [1.54, 1.807) is 17.6 Å². The maximum atomic E-state index is 11.9. The minimum Gasteiger partial charge on any atom is -0.330 e. The van der Waals surface area contributed by atoms with E-state index in [-0.39, 0.29) is 30.7 Å². The predicted octanol–water partition coefficient (Wildman–Crippen LogP) is 2.44. The molecule has 8 heteroatoms. The Morgan fingerprint density at radius 2 is 2.15 bits per heavy atom. The molecule has 20 heavy (non-hydrogen) atoms. The Morgan fingerprint density at radius 3 is 2.75 bits per heavy atom. The van der Waals surface area contributed by atoms with E-state index in [4.69, 9.17) is 5.73 Å². The van der Waals surface area contributed by atoms with Crippen molar-refractivity contribution in [1.29, 1.82) is 0 Å². The second kappa shape index (κ2) is 8.86. The molecule has 0 radical (unpaired) electrons. The average molecular weight is 335 g/mol. The van der Waals surface area contributed by atoms with E-state index in [1.807, 2.05) is 13.0 Å². The number of aromatic nitrogens is 2. The monoisotopic (exact) mass is 334 g/mol. The third-order valence-electron chi connectivity index (χ3n) is 2.30. The molecule has 0 atom stereocenters. The molecule has 2 heterocycles. The van der Waals surface area contributed by atoms with Crippen LogP contribution in [-0.2, 0) is 6.42 Å². The molecule has 0 saturated heterocycles. The highest BCUT2D eigenvalue weighted by Gasteiger charge is 2.11. The van der Waals surface area contributed by atoms with Crippen LogP contribution in [0, 0.1) is 6.92 Å². The van der Waals surface area contributed by atoms with Crippen LogP contribution in [-0.4, -0.2) is 22.4 Å². The molecule has 0 aliphatic carbocycles. The molecule has 0 bridgehead atoms. The van der Waals surface area contributed by atoms with Crippen LogP contribution in [0.4, 0.5) is 5.82 Å². The number of rotatable bonds is 4. The molecular formula is C12H16Cl2N4OS. The summed E-state index contributed by atoms with van der Waals surface area (Å²) in [5, 5.41) is 5.31. The molecule has 0 unspecified atom stereocenters. The number of nitrogens with two attached hydrogens (primary N) is 1. The van der Waals surface area contributed by atoms with Gasteiger partial charge in [0.25, 0.3) is 5.91 Å². The van der Waals surface area contributed by atoms with Crippen molar-refractivity contribution >= 4 is 47.9 Å². The van der Waals surface area contributed by atoms with Crippen molar-refractivity contribution in [3.8, 4) is 0 Å². The number of halogens is 2. The summed E-state index contributed by atoms with van der Waals surface area (Å²) in [6.45, 7) is 2.48. The molecular weight excluding hydrogens is 319 g/mol. The van der Waals surface area contributed by atoms with Gasteiger partial charge >= 0.3 is 0 Å². The van der Waals surface area contributed by atoms with E-state index in [0.29, 0.717) is 24.5 Å². The number of hydrogen-bond donors (Lipinski definition) is 2. The molecule has 0 saturated carbocycles. The Morgan fingerprint density at radius 1 is 1.40 bits per heavy atom. The van der Waals surface area contributed by atoms with Gasteiger partial charge in [-0.15, -0.1) is 36.2 Å². The van der Waals surface area contributed by atoms with E-state index in [9.17, 15) is 4.79 Å². The molecule has 2 rings (SSSR count). The van der Waals surface area contributed by atoms with Gasteiger partial charge in [0.15, 0.2) is 0 Å². The molecule has 110 valence electrons. The fourth-order valence-corrected chi connectivity index (χ4v) is 2.17. The number of hydrogen-bond acceptors (Lipinski definition) is 5. The fraction of sp³-hybridized carbons (Fsp3) is 0.250. The average Bonchev–Trinajstić information content (AvgIpc) is 2.81. The number of anilines is 1. The summed E-state index contributed by atoms with van der Waals surface area (Å²) in [5.74, 6) is 0.282. The van der Waals surface area contributed by atoms with Gasteiger partial charge in [0.05, 0.1) is 5.01 Å². The predicted molar refractivity (Wildman–Crippen MR) is 86.3 cm³/mol. The molecule has 0 aliphatic heterocycles. The lowest BCUT2D eigenvalue weighted by Crippen LogP contribution is -2.13. The maximum Gasteiger partial charge on any atom is 0.276 e. The van der Waals surface area contributed by atoms with Crippen LogP contribution >= 0.6 is 36.2 Å². The van der Waals surface area contributed by atoms with E-state index < -0.39 is 0 Å². The molecule has 1 amide bonds. The number of pyridine rings is 1. The first-order valence-electron chi connectivity index (χ1n) is 5.57. The van der Waals surface area contributed by atoms with Crippen LogP contribution in [0.2, 0.25) is 0 Å².